The van der Waals surface area contributed by atoms with E-state index in [4.69, 9.17) is 4.74 Å². The van der Waals surface area contributed by atoms with Gasteiger partial charge in [0.2, 0.25) is 0 Å². The highest BCUT2D eigenvalue weighted by atomic mass is 127. The molecular formula is C11H12F2INO2. The van der Waals surface area contributed by atoms with Gasteiger partial charge in [-0.3, -0.25) is 4.79 Å². The number of aryl methyl sites for hydroxylation is 1. The van der Waals surface area contributed by atoms with E-state index in [1.807, 2.05) is 0 Å². The molecule has 0 atom stereocenters. The van der Waals surface area contributed by atoms with Crippen LogP contribution in [0.25, 0.3) is 0 Å². The summed E-state index contributed by atoms with van der Waals surface area (Å²) >= 11 is 1.76. The first-order valence-corrected chi connectivity index (χ1v) is 6.13. The Labute approximate surface area is 112 Å². The van der Waals surface area contributed by atoms with Crippen molar-refractivity contribution in [3.8, 4) is 0 Å². The molecule has 0 spiro atoms. The second-order valence-corrected chi connectivity index (χ2v) is 4.42. The van der Waals surface area contributed by atoms with Gasteiger partial charge in [0.15, 0.2) is 0 Å². The summed E-state index contributed by atoms with van der Waals surface area (Å²) < 4.78 is 30.4. The lowest BCUT2D eigenvalue weighted by molar-refractivity contribution is -0.142. The second-order valence-electron chi connectivity index (χ2n) is 3.40. The largest absolute Gasteiger partial charge is 0.466 e. The number of carbonyl (C=O) groups is 1. The molecule has 0 radical (unpaired) electrons. The predicted octanol–water partition coefficient (Wildman–Crippen LogP) is 3.04. The highest BCUT2D eigenvalue weighted by molar-refractivity contribution is 14.1. The molecule has 0 saturated carbocycles. The molecule has 0 unspecified atom stereocenters. The normalized spacial score (nSPS) is 10.7. The van der Waals surface area contributed by atoms with Gasteiger partial charge in [-0.25, -0.2) is 13.8 Å². The number of carbonyl (C=O) groups excluding carboxylic acids is 1. The van der Waals surface area contributed by atoms with Crippen molar-refractivity contribution in [2.75, 3.05) is 6.61 Å². The number of halogens is 3. The molecular weight excluding hydrogens is 343 g/mol. The standard InChI is InChI=1S/C11H12F2INO2/c1-3-17-9(16)5-7-4-8(10(12)13)11(14)15-6(7)2/h4,10H,3,5H2,1-2H3. The van der Waals surface area contributed by atoms with Crippen molar-refractivity contribution in [2.45, 2.75) is 26.7 Å². The number of hydrogen-bond donors (Lipinski definition) is 0. The topological polar surface area (TPSA) is 39.2 Å². The minimum absolute atomic E-state index is 0.0245. The summed E-state index contributed by atoms with van der Waals surface area (Å²) in [6.45, 7) is 3.66. The minimum Gasteiger partial charge on any atom is -0.466 e. The molecule has 0 bridgehead atoms. The fourth-order valence-electron chi connectivity index (χ4n) is 1.33. The van der Waals surface area contributed by atoms with Crippen molar-refractivity contribution in [1.29, 1.82) is 0 Å². The van der Waals surface area contributed by atoms with E-state index in [-0.39, 0.29) is 22.3 Å². The first-order chi connectivity index (χ1) is 7.95. The molecule has 0 aliphatic rings. The molecule has 1 aromatic heterocycles. The Morgan fingerprint density at radius 2 is 2.24 bits per heavy atom. The molecule has 0 aromatic carbocycles. The van der Waals surface area contributed by atoms with Gasteiger partial charge in [0.25, 0.3) is 6.43 Å². The molecule has 0 aliphatic carbocycles. The van der Waals surface area contributed by atoms with Gasteiger partial charge in [-0.15, -0.1) is 0 Å². The first kappa shape index (κ1) is 14.3. The number of hydrogen-bond acceptors (Lipinski definition) is 3. The zero-order chi connectivity index (χ0) is 13.0. The van der Waals surface area contributed by atoms with Crippen molar-refractivity contribution in [1.82, 2.24) is 4.98 Å². The summed E-state index contributed by atoms with van der Waals surface area (Å²) in [5, 5.41) is 0. The van der Waals surface area contributed by atoms with E-state index in [9.17, 15) is 13.6 Å². The van der Waals surface area contributed by atoms with Crippen LogP contribution in [0.3, 0.4) is 0 Å². The van der Waals surface area contributed by atoms with E-state index in [0.29, 0.717) is 11.3 Å². The Hall–Kier alpha value is -0.790. The van der Waals surface area contributed by atoms with Crippen LogP contribution in [0.1, 0.15) is 30.2 Å². The smallest absolute Gasteiger partial charge is 0.310 e. The fraction of sp³-hybridized carbons (Fsp3) is 0.455. The third-order valence-electron chi connectivity index (χ3n) is 2.17. The van der Waals surface area contributed by atoms with Crippen molar-refractivity contribution in [3.63, 3.8) is 0 Å². The summed E-state index contributed by atoms with van der Waals surface area (Å²) in [6.07, 6.45) is -2.61. The van der Waals surface area contributed by atoms with Crippen LogP contribution >= 0.6 is 22.6 Å². The van der Waals surface area contributed by atoms with Crippen molar-refractivity contribution in [3.05, 3.63) is 26.6 Å². The average molecular weight is 355 g/mol. The van der Waals surface area contributed by atoms with Crippen LogP contribution in [0.2, 0.25) is 0 Å². The van der Waals surface area contributed by atoms with Gasteiger partial charge < -0.3 is 4.74 Å². The molecule has 6 heteroatoms. The van der Waals surface area contributed by atoms with E-state index in [0.717, 1.165) is 0 Å². The highest BCUT2D eigenvalue weighted by Crippen LogP contribution is 2.25. The Balaban J connectivity index is 2.99. The third-order valence-corrected chi connectivity index (χ3v) is 3.04. The first-order valence-electron chi connectivity index (χ1n) is 5.05. The Morgan fingerprint density at radius 3 is 2.76 bits per heavy atom. The van der Waals surface area contributed by atoms with E-state index in [2.05, 4.69) is 4.98 Å². The van der Waals surface area contributed by atoms with Crippen LogP contribution in [0.5, 0.6) is 0 Å². The van der Waals surface area contributed by atoms with Gasteiger partial charge in [0.1, 0.15) is 3.70 Å². The van der Waals surface area contributed by atoms with Crippen molar-refractivity contribution >= 4 is 28.6 Å². The number of ether oxygens (including phenoxy) is 1. The molecule has 0 amide bonds. The van der Waals surface area contributed by atoms with Gasteiger partial charge in [0, 0.05) is 11.3 Å². The number of rotatable bonds is 4. The summed E-state index contributed by atoms with van der Waals surface area (Å²) in [4.78, 5) is 15.3. The monoisotopic (exact) mass is 355 g/mol. The quantitative estimate of drug-likeness (QED) is 0.474. The summed E-state index contributed by atoms with van der Waals surface area (Å²) in [7, 11) is 0. The molecule has 0 saturated heterocycles. The Kier molecular flexibility index (Phi) is 5.23. The van der Waals surface area contributed by atoms with Crippen LogP contribution in [-0.2, 0) is 16.0 Å². The number of nitrogens with zero attached hydrogens (tertiary/aromatic N) is 1. The van der Waals surface area contributed by atoms with E-state index in [1.54, 1.807) is 36.4 Å². The molecule has 0 aliphatic heterocycles. The average Bonchev–Trinajstić information content (AvgIpc) is 2.21. The van der Waals surface area contributed by atoms with Gasteiger partial charge in [-0.2, -0.15) is 0 Å². The predicted molar refractivity (Wildman–Crippen MR) is 67.0 cm³/mol. The molecule has 94 valence electrons. The summed E-state index contributed by atoms with van der Waals surface area (Å²) in [5.74, 6) is -0.432. The van der Waals surface area contributed by atoms with Gasteiger partial charge in [-0.1, -0.05) is 0 Å². The number of pyridine rings is 1. The number of alkyl halides is 2. The Bertz CT molecular complexity index is 424. The zero-order valence-corrected chi connectivity index (χ0v) is 11.6. The van der Waals surface area contributed by atoms with Crippen LogP contribution in [-0.4, -0.2) is 17.6 Å². The third kappa shape index (κ3) is 3.86. The minimum atomic E-state index is -2.59. The van der Waals surface area contributed by atoms with E-state index >= 15 is 0 Å². The molecule has 0 fully saturated rings. The molecule has 0 N–H and O–H groups in total. The maximum Gasteiger partial charge on any atom is 0.310 e. The van der Waals surface area contributed by atoms with Crippen LogP contribution in [0, 0.1) is 10.6 Å². The molecule has 1 rings (SSSR count). The lowest BCUT2D eigenvalue weighted by Crippen LogP contribution is -2.10. The van der Waals surface area contributed by atoms with Crippen molar-refractivity contribution in [2.24, 2.45) is 0 Å². The van der Waals surface area contributed by atoms with E-state index in [1.165, 1.54) is 6.07 Å². The SMILES string of the molecule is CCOC(=O)Cc1cc(C(F)F)c(I)nc1C. The van der Waals surface area contributed by atoms with E-state index < -0.39 is 12.4 Å². The van der Waals surface area contributed by atoms with Gasteiger partial charge >= 0.3 is 5.97 Å². The lowest BCUT2D eigenvalue weighted by Gasteiger charge is -2.09. The zero-order valence-electron chi connectivity index (χ0n) is 9.47. The molecule has 1 aromatic rings. The highest BCUT2D eigenvalue weighted by Gasteiger charge is 2.17. The van der Waals surface area contributed by atoms with Crippen molar-refractivity contribution < 1.29 is 18.3 Å². The fourth-order valence-corrected chi connectivity index (χ4v) is 2.09. The Morgan fingerprint density at radius 1 is 1.59 bits per heavy atom. The van der Waals surface area contributed by atoms with Crippen LogP contribution < -0.4 is 0 Å². The summed E-state index contributed by atoms with van der Waals surface area (Å²) in [5.41, 5.74) is 0.918. The number of esters is 1. The maximum absolute atomic E-state index is 12.7. The number of aromatic nitrogens is 1. The summed E-state index contributed by atoms with van der Waals surface area (Å²) in [6, 6.07) is 1.33. The molecule has 3 nitrogen and oxygen atoms in total. The second kappa shape index (κ2) is 6.23. The van der Waals surface area contributed by atoms with Gasteiger partial charge in [0.05, 0.1) is 13.0 Å². The van der Waals surface area contributed by atoms with Gasteiger partial charge in [-0.05, 0) is 48.1 Å². The lowest BCUT2D eigenvalue weighted by atomic mass is 10.1. The maximum atomic E-state index is 12.7. The molecule has 17 heavy (non-hydrogen) atoms. The van der Waals surface area contributed by atoms with Crippen LogP contribution in [0.4, 0.5) is 8.78 Å². The van der Waals surface area contributed by atoms with Crippen LogP contribution in [0.15, 0.2) is 6.07 Å². The molecule has 1 heterocycles.